The minimum Gasteiger partial charge on any atom is -0.492 e. The van der Waals surface area contributed by atoms with E-state index in [-0.39, 0.29) is 6.10 Å². The molecule has 0 bridgehead atoms. The van der Waals surface area contributed by atoms with Gasteiger partial charge in [-0.1, -0.05) is 18.2 Å². The Kier molecular flexibility index (Phi) is 5.75. The van der Waals surface area contributed by atoms with Gasteiger partial charge in [0, 0.05) is 18.8 Å². The van der Waals surface area contributed by atoms with Gasteiger partial charge in [-0.15, -0.1) is 0 Å². The van der Waals surface area contributed by atoms with Crippen molar-refractivity contribution in [3.05, 3.63) is 54.6 Å². The lowest BCUT2D eigenvalue weighted by atomic mass is 10.2. The summed E-state index contributed by atoms with van der Waals surface area (Å²) in [5.74, 6) is 1.78. The SMILES string of the molecule is c1ccc(OCCNc2ccc(OCC3CCCO3)cc2)cc1. The molecule has 4 nitrogen and oxygen atoms in total. The van der Waals surface area contributed by atoms with E-state index in [2.05, 4.69) is 5.32 Å². The van der Waals surface area contributed by atoms with Gasteiger partial charge in [0.15, 0.2) is 0 Å². The molecule has 1 aliphatic rings. The molecule has 23 heavy (non-hydrogen) atoms. The molecule has 1 heterocycles. The molecule has 0 saturated carbocycles. The van der Waals surface area contributed by atoms with E-state index in [0.29, 0.717) is 13.2 Å². The van der Waals surface area contributed by atoms with Crippen molar-refractivity contribution < 1.29 is 14.2 Å². The minimum atomic E-state index is 0.253. The summed E-state index contributed by atoms with van der Waals surface area (Å²) in [6.45, 7) is 2.88. The third-order valence-corrected chi connectivity index (χ3v) is 3.76. The average Bonchev–Trinajstić information content (AvgIpc) is 3.12. The molecule has 0 aliphatic carbocycles. The summed E-state index contributed by atoms with van der Waals surface area (Å²) >= 11 is 0. The molecule has 0 aromatic heterocycles. The number of hydrogen-bond acceptors (Lipinski definition) is 4. The summed E-state index contributed by atoms with van der Waals surface area (Å²) in [6.07, 6.45) is 2.49. The van der Waals surface area contributed by atoms with E-state index in [1.807, 2.05) is 54.6 Å². The standard InChI is InChI=1S/C19H23NO3/c1-2-5-17(6-3-1)22-14-12-20-16-8-10-18(11-9-16)23-15-19-7-4-13-21-19/h1-3,5-6,8-11,19-20H,4,7,12-15H2. The van der Waals surface area contributed by atoms with Crippen LogP contribution in [0.25, 0.3) is 0 Å². The van der Waals surface area contributed by atoms with Gasteiger partial charge in [0.05, 0.1) is 6.10 Å². The molecule has 0 spiro atoms. The lowest BCUT2D eigenvalue weighted by Gasteiger charge is -2.12. The first kappa shape index (κ1) is 15.7. The van der Waals surface area contributed by atoms with Crippen molar-refractivity contribution in [1.29, 1.82) is 0 Å². The highest BCUT2D eigenvalue weighted by atomic mass is 16.5. The molecule has 2 aromatic carbocycles. The number of nitrogens with one attached hydrogen (secondary N) is 1. The number of anilines is 1. The molecule has 1 aliphatic heterocycles. The maximum Gasteiger partial charge on any atom is 0.119 e. The fourth-order valence-electron chi connectivity index (χ4n) is 2.51. The topological polar surface area (TPSA) is 39.7 Å². The normalized spacial score (nSPS) is 17.0. The van der Waals surface area contributed by atoms with Crippen LogP contribution in [-0.4, -0.2) is 32.5 Å². The van der Waals surface area contributed by atoms with Crippen LogP contribution in [0.15, 0.2) is 54.6 Å². The van der Waals surface area contributed by atoms with Crippen molar-refractivity contribution in [2.75, 3.05) is 31.7 Å². The molecule has 1 saturated heterocycles. The number of benzene rings is 2. The zero-order valence-electron chi connectivity index (χ0n) is 13.2. The molecule has 0 amide bonds. The van der Waals surface area contributed by atoms with Crippen molar-refractivity contribution in [2.45, 2.75) is 18.9 Å². The van der Waals surface area contributed by atoms with Gasteiger partial charge < -0.3 is 19.5 Å². The molecular formula is C19H23NO3. The van der Waals surface area contributed by atoms with Gasteiger partial charge >= 0.3 is 0 Å². The summed E-state index contributed by atoms with van der Waals surface area (Å²) < 4.78 is 16.9. The summed E-state index contributed by atoms with van der Waals surface area (Å²) in [4.78, 5) is 0. The second-order valence-electron chi connectivity index (χ2n) is 5.56. The summed E-state index contributed by atoms with van der Waals surface area (Å²) in [7, 11) is 0. The summed E-state index contributed by atoms with van der Waals surface area (Å²) in [5.41, 5.74) is 1.06. The van der Waals surface area contributed by atoms with E-state index < -0.39 is 0 Å². The van der Waals surface area contributed by atoms with Gasteiger partial charge in [0.2, 0.25) is 0 Å². The van der Waals surface area contributed by atoms with E-state index in [4.69, 9.17) is 14.2 Å². The van der Waals surface area contributed by atoms with Crippen molar-refractivity contribution in [1.82, 2.24) is 0 Å². The van der Waals surface area contributed by atoms with E-state index in [9.17, 15) is 0 Å². The summed E-state index contributed by atoms with van der Waals surface area (Å²) in [6, 6.07) is 17.8. The Balaban J connectivity index is 1.35. The zero-order chi connectivity index (χ0) is 15.7. The zero-order valence-corrected chi connectivity index (χ0v) is 13.2. The first-order chi connectivity index (χ1) is 11.4. The molecule has 3 rings (SSSR count). The lowest BCUT2D eigenvalue weighted by molar-refractivity contribution is 0.0679. The molecule has 122 valence electrons. The number of hydrogen-bond donors (Lipinski definition) is 1. The van der Waals surface area contributed by atoms with Gasteiger partial charge in [0.25, 0.3) is 0 Å². The molecule has 1 unspecified atom stereocenters. The van der Waals surface area contributed by atoms with Crippen LogP contribution in [0.1, 0.15) is 12.8 Å². The smallest absolute Gasteiger partial charge is 0.119 e. The molecule has 1 N–H and O–H groups in total. The predicted octanol–water partition coefficient (Wildman–Crippen LogP) is 3.74. The second kappa shape index (κ2) is 8.44. The van der Waals surface area contributed by atoms with Crippen LogP contribution in [0, 0.1) is 0 Å². The van der Waals surface area contributed by atoms with Gasteiger partial charge in [-0.05, 0) is 49.2 Å². The van der Waals surface area contributed by atoms with Crippen LogP contribution in [0.3, 0.4) is 0 Å². The first-order valence-corrected chi connectivity index (χ1v) is 8.16. The highest BCUT2D eigenvalue weighted by molar-refractivity contribution is 5.46. The van der Waals surface area contributed by atoms with Crippen LogP contribution >= 0.6 is 0 Å². The van der Waals surface area contributed by atoms with Crippen molar-refractivity contribution in [3.8, 4) is 11.5 Å². The predicted molar refractivity (Wildman–Crippen MR) is 91.3 cm³/mol. The van der Waals surface area contributed by atoms with E-state index >= 15 is 0 Å². The Bertz CT molecular complexity index is 565. The van der Waals surface area contributed by atoms with Crippen LogP contribution in [0.5, 0.6) is 11.5 Å². The van der Waals surface area contributed by atoms with Crippen molar-refractivity contribution in [3.63, 3.8) is 0 Å². The Morgan fingerprint density at radius 2 is 1.74 bits per heavy atom. The van der Waals surface area contributed by atoms with Crippen LogP contribution in [-0.2, 0) is 4.74 Å². The fraction of sp³-hybridized carbons (Fsp3) is 0.368. The van der Waals surface area contributed by atoms with E-state index in [0.717, 1.165) is 43.2 Å². The molecule has 2 aromatic rings. The van der Waals surface area contributed by atoms with E-state index in [1.54, 1.807) is 0 Å². The average molecular weight is 313 g/mol. The maximum atomic E-state index is 5.75. The summed E-state index contributed by atoms with van der Waals surface area (Å²) in [5, 5.41) is 3.33. The Morgan fingerprint density at radius 3 is 2.48 bits per heavy atom. The Labute approximate surface area is 137 Å². The van der Waals surface area contributed by atoms with E-state index in [1.165, 1.54) is 0 Å². The van der Waals surface area contributed by atoms with Crippen LogP contribution in [0.4, 0.5) is 5.69 Å². The quantitative estimate of drug-likeness (QED) is 0.754. The van der Waals surface area contributed by atoms with Gasteiger partial charge in [-0.2, -0.15) is 0 Å². The monoisotopic (exact) mass is 313 g/mol. The van der Waals surface area contributed by atoms with Crippen molar-refractivity contribution >= 4 is 5.69 Å². The van der Waals surface area contributed by atoms with Crippen LogP contribution in [0.2, 0.25) is 0 Å². The highest BCUT2D eigenvalue weighted by Gasteiger charge is 2.15. The van der Waals surface area contributed by atoms with Crippen LogP contribution < -0.4 is 14.8 Å². The number of para-hydroxylation sites is 1. The molecule has 0 radical (unpaired) electrons. The Morgan fingerprint density at radius 1 is 0.957 bits per heavy atom. The van der Waals surface area contributed by atoms with Crippen molar-refractivity contribution in [2.24, 2.45) is 0 Å². The third kappa shape index (κ3) is 5.18. The number of rotatable bonds is 8. The molecular weight excluding hydrogens is 290 g/mol. The highest BCUT2D eigenvalue weighted by Crippen LogP contribution is 2.18. The van der Waals surface area contributed by atoms with Gasteiger partial charge in [-0.25, -0.2) is 0 Å². The van der Waals surface area contributed by atoms with Gasteiger partial charge in [0.1, 0.15) is 24.7 Å². The second-order valence-corrected chi connectivity index (χ2v) is 5.56. The largest absolute Gasteiger partial charge is 0.492 e. The fourth-order valence-corrected chi connectivity index (χ4v) is 2.51. The first-order valence-electron chi connectivity index (χ1n) is 8.16. The third-order valence-electron chi connectivity index (χ3n) is 3.76. The Hall–Kier alpha value is -2.20. The minimum absolute atomic E-state index is 0.253. The molecule has 4 heteroatoms. The maximum absolute atomic E-state index is 5.75. The molecule has 1 atom stereocenters. The number of ether oxygens (including phenoxy) is 3. The molecule has 1 fully saturated rings. The lowest BCUT2D eigenvalue weighted by Crippen LogP contribution is -2.16. The van der Waals surface area contributed by atoms with Gasteiger partial charge in [-0.3, -0.25) is 0 Å².